The van der Waals surface area contributed by atoms with Crippen molar-refractivity contribution in [1.29, 1.82) is 0 Å². The van der Waals surface area contributed by atoms with Crippen LogP contribution in [0.2, 0.25) is 0 Å². The van der Waals surface area contributed by atoms with Crippen LogP contribution in [0.5, 0.6) is 5.75 Å². The molecule has 5 heteroatoms. The van der Waals surface area contributed by atoms with Crippen LogP contribution in [-0.2, 0) is 13.0 Å². The minimum Gasteiger partial charge on any atom is -0.496 e. The predicted molar refractivity (Wildman–Crippen MR) is 81.9 cm³/mol. The Kier molecular flexibility index (Phi) is 5.20. The number of methoxy groups -OCH3 is 1. The summed E-state index contributed by atoms with van der Waals surface area (Å²) < 4.78 is 8.10. The van der Waals surface area contributed by atoms with Gasteiger partial charge in [-0.25, -0.2) is 4.98 Å². The monoisotopic (exact) mass is 338 g/mol. The first-order chi connectivity index (χ1) is 9.65. The molecule has 0 saturated carbocycles. The molecule has 1 aromatic carbocycles. The van der Waals surface area contributed by atoms with Crippen molar-refractivity contribution < 1.29 is 9.84 Å². The van der Waals surface area contributed by atoms with Gasteiger partial charge in [0.2, 0.25) is 0 Å². The molecular weight excluding hydrogens is 320 g/mol. The minimum absolute atomic E-state index is 0.552. The fourth-order valence-corrected chi connectivity index (χ4v) is 2.79. The molecule has 108 valence electrons. The average molecular weight is 339 g/mol. The van der Waals surface area contributed by atoms with Crippen molar-refractivity contribution in [3.05, 3.63) is 46.5 Å². The number of aliphatic hydroxyl groups excluding tert-OH is 1. The van der Waals surface area contributed by atoms with Crippen LogP contribution in [0.4, 0.5) is 0 Å². The summed E-state index contributed by atoms with van der Waals surface area (Å²) in [6, 6.07) is 5.84. The zero-order valence-corrected chi connectivity index (χ0v) is 13.3. The lowest BCUT2D eigenvalue weighted by Crippen LogP contribution is -2.09. The van der Waals surface area contributed by atoms with E-state index in [2.05, 4.69) is 27.8 Å². The Hall–Kier alpha value is -1.33. The Bertz CT molecular complexity index is 569. The number of rotatable bonds is 6. The molecule has 1 heterocycles. The van der Waals surface area contributed by atoms with E-state index in [0.29, 0.717) is 6.42 Å². The standard InChI is InChI=1S/C15H19BrN2O2/c1-3-6-18-10-17-9-13(18)14(19)8-11-4-5-15(20-2)12(16)7-11/h4-5,7,9-10,14,19H,3,6,8H2,1-2H3. The van der Waals surface area contributed by atoms with Crippen LogP contribution in [0.1, 0.15) is 30.7 Å². The van der Waals surface area contributed by atoms with Crippen LogP contribution in [0.15, 0.2) is 35.2 Å². The number of benzene rings is 1. The van der Waals surface area contributed by atoms with Crippen molar-refractivity contribution in [2.45, 2.75) is 32.4 Å². The number of aryl methyl sites for hydroxylation is 1. The summed E-state index contributed by atoms with van der Waals surface area (Å²) in [6.07, 6.45) is 4.52. The van der Waals surface area contributed by atoms with Crippen LogP contribution in [0.25, 0.3) is 0 Å². The highest BCUT2D eigenvalue weighted by molar-refractivity contribution is 9.10. The Labute approximate surface area is 127 Å². The van der Waals surface area contributed by atoms with Crippen LogP contribution in [0.3, 0.4) is 0 Å². The molecule has 1 atom stereocenters. The maximum atomic E-state index is 10.4. The summed E-state index contributed by atoms with van der Waals surface area (Å²) in [6.45, 7) is 2.98. The summed E-state index contributed by atoms with van der Waals surface area (Å²) in [5.74, 6) is 0.791. The van der Waals surface area contributed by atoms with E-state index in [9.17, 15) is 5.11 Å². The fourth-order valence-electron chi connectivity index (χ4n) is 2.20. The van der Waals surface area contributed by atoms with Crippen molar-refractivity contribution in [3.8, 4) is 5.75 Å². The number of hydrogen-bond acceptors (Lipinski definition) is 3. The number of aliphatic hydroxyl groups is 1. The summed E-state index contributed by atoms with van der Waals surface area (Å²) >= 11 is 3.46. The van der Waals surface area contributed by atoms with Gasteiger partial charge < -0.3 is 14.4 Å². The van der Waals surface area contributed by atoms with Crippen molar-refractivity contribution in [3.63, 3.8) is 0 Å². The second-order valence-electron chi connectivity index (χ2n) is 4.70. The van der Waals surface area contributed by atoms with E-state index in [4.69, 9.17) is 4.74 Å². The Morgan fingerprint density at radius 2 is 2.25 bits per heavy atom. The molecule has 2 rings (SSSR count). The average Bonchev–Trinajstić information content (AvgIpc) is 2.88. The third-order valence-corrected chi connectivity index (χ3v) is 3.82. The third-order valence-electron chi connectivity index (χ3n) is 3.20. The Balaban J connectivity index is 2.12. The third kappa shape index (κ3) is 3.41. The normalized spacial score (nSPS) is 12.4. The van der Waals surface area contributed by atoms with Gasteiger partial charge >= 0.3 is 0 Å². The molecule has 0 bridgehead atoms. The van der Waals surface area contributed by atoms with Crippen LogP contribution in [0, 0.1) is 0 Å². The number of halogens is 1. The molecule has 4 nitrogen and oxygen atoms in total. The van der Waals surface area contributed by atoms with Crippen molar-refractivity contribution in [2.75, 3.05) is 7.11 Å². The summed E-state index contributed by atoms with van der Waals surface area (Å²) in [7, 11) is 1.64. The predicted octanol–water partition coefficient (Wildman–Crippen LogP) is 3.34. The van der Waals surface area contributed by atoms with Gasteiger partial charge in [-0.3, -0.25) is 0 Å². The van der Waals surface area contributed by atoms with Crippen LogP contribution >= 0.6 is 15.9 Å². The van der Waals surface area contributed by atoms with Gasteiger partial charge in [-0.1, -0.05) is 13.0 Å². The highest BCUT2D eigenvalue weighted by Gasteiger charge is 2.14. The number of aromatic nitrogens is 2. The molecule has 1 aromatic heterocycles. The largest absolute Gasteiger partial charge is 0.496 e. The first kappa shape index (κ1) is 15.1. The van der Waals surface area contributed by atoms with Gasteiger partial charge in [0.1, 0.15) is 5.75 Å². The van der Waals surface area contributed by atoms with Gasteiger partial charge in [-0.2, -0.15) is 0 Å². The van der Waals surface area contributed by atoms with E-state index in [-0.39, 0.29) is 0 Å². The molecule has 0 spiro atoms. The van der Waals surface area contributed by atoms with Gasteiger partial charge in [0.15, 0.2) is 0 Å². The number of imidazole rings is 1. The smallest absolute Gasteiger partial charge is 0.133 e. The molecule has 1 N–H and O–H groups in total. The summed E-state index contributed by atoms with van der Waals surface area (Å²) in [4.78, 5) is 4.12. The first-order valence-electron chi connectivity index (χ1n) is 6.66. The molecule has 0 saturated heterocycles. The number of ether oxygens (including phenoxy) is 1. The lowest BCUT2D eigenvalue weighted by molar-refractivity contribution is 0.168. The topological polar surface area (TPSA) is 47.3 Å². The van der Waals surface area contributed by atoms with Gasteiger partial charge in [0.25, 0.3) is 0 Å². The SMILES string of the molecule is CCCn1cncc1C(O)Cc1ccc(OC)c(Br)c1. The van der Waals surface area contributed by atoms with Crippen LogP contribution in [-0.4, -0.2) is 21.8 Å². The fraction of sp³-hybridized carbons (Fsp3) is 0.400. The molecule has 1 unspecified atom stereocenters. The molecule has 0 aliphatic heterocycles. The highest BCUT2D eigenvalue weighted by atomic mass is 79.9. The molecule has 0 radical (unpaired) electrons. The second kappa shape index (κ2) is 6.90. The molecular formula is C15H19BrN2O2. The second-order valence-corrected chi connectivity index (χ2v) is 5.56. The number of nitrogens with zero attached hydrogens (tertiary/aromatic N) is 2. The van der Waals surface area contributed by atoms with E-state index in [1.807, 2.05) is 22.8 Å². The Morgan fingerprint density at radius 1 is 1.45 bits per heavy atom. The van der Waals surface area contributed by atoms with E-state index in [1.54, 1.807) is 19.6 Å². The quantitative estimate of drug-likeness (QED) is 0.878. The molecule has 20 heavy (non-hydrogen) atoms. The number of hydrogen-bond donors (Lipinski definition) is 1. The van der Waals surface area contributed by atoms with E-state index in [1.165, 1.54) is 0 Å². The van der Waals surface area contributed by atoms with Crippen molar-refractivity contribution >= 4 is 15.9 Å². The minimum atomic E-state index is -0.552. The molecule has 0 amide bonds. The van der Waals surface area contributed by atoms with Gasteiger partial charge in [-0.15, -0.1) is 0 Å². The first-order valence-corrected chi connectivity index (χ1v) is 7.45. The van der Waals surface area contributed by atoms with Gasteiger partial charge in [0, 0.05) is 13.0 Å². The molecule has 0 aliphatic rings. The lowest BCUT2D eigenvalue weighted by Gasteiger charge is -2.14. The van der Waals surface area contributed by atoms with Crippen molar-refractivity contribution in [2.24, 2.45) is 0 Å². The molecule has 0 fully saturated rings. The maximum Gasteiger partial charge on any atom is 0.133 e. The zero-order chi connectivity index (χ0) is 14.5. The van der Waals surface area contributed by atoms with E-state index >= 15 is 0 Å². The highest BCUT2D eigenvalue weighted by Crippen LogP contribution is 2.27. The Morgan fingerprint density at radius 3 is 2.90 bits per heavy atom. The van der Waals surface area contributed by atoms with Gasteiger partial charge in [-0.05, 0) is 40.0 Å². The summed E-state index contributed by atoms with van der Waals surface area (Å²) in [5.41, 5.74) is 1.91. The maximum absolute atomic E-state index is 10.4. The van der Waals surface area contributed by atoms with Crippen molar-refractivity contribution in [1.82, 2.24) is 9.55 Å². The van der Waals surface area contributed by atoms with E-state index in [0.717, 1.165) is 34.4 Å². The van der Waals surface area contributed by atoms with E-state index < -0.39 is 6.10 Å². The lowest BCUT2D eigenvalue weighted by atomic mass is 10.1. The zero-order valence-electron chi connectivity index (χ0n) is 11.7. The molecule has 2 aromatic rings. The summed E-state index contributed by atoms with van der Waals surface area (Å²) in [5, 5.41) is 10.4. The van der Waals surface area contributed by atoms with Crippen LogP contribution < -0.4 is 4.74 Å². The van der Waals surface area contributed by atoms with Gasteiger partial charge in [0.05, 0.1) is 35.9 Å². The molecule has 0 aliphatic carbocycles.